The lowest BCUT2D eigenvalue weighted by atomic mass is 10.3. The molecule has 1 aromatic carbocycles. The lowest BCUT2D eigenvalue weighted by Crippen LogP contribution is -2.00. The van der Waals surface area contributed by atoms with Crippen LogP contribution in [-0.2, 0) is 6.54 Å². The molecular weight excluding hydrogens is 300 g/mol. The summed E-state index contributed by atoms with van der Waals surface area (Å²) in [6, 6.07) is 11.8. The first-order valence-corrected chi connectivity index (χ1v) is 7.55. The summed E-state index contributed by atoms with van der Waals surface area (Å²) in [7, 11) is 0. The molecule has 0 aliphatic rings. The zero-order valence-electron chi connectivity index (χ0n) is 11.7. The molecule has 0 fully saturated rings. The molecule has 110 valence electrons. The van der Waals surface area contributed by atoms with Gasteiger partial charge in [0.2, 0.25) is 10.8 Å². The Morgan fingerprint density at radius 3 is 2.86 bits per heavy atom. The molecule has 0 saturated carbocycles. The average Bonchev–Trinajstić information content (AvgIpc) is 3.21. The fourth-order valence-electron chi connectivity index (χ4n) is 2.09. The second kappa shape index (κ2) is 5.23. The van der Waals surface area contributed by atoms with Crippen molar-refractivity contribution in [3.8, 4) is 11.5 Å². The summed E-state index contributed by atoms with van der Waals surface area (Å²) in [5.41, 5.74) is 1.69. The molecule has 0 saturated heterocycles. The van der Waals surface area contributed by atoms with Gasteiger partial charge < -0.3 is 9.84 Å². The van der Waals surface area contributed by atoms with E-state index in [0.717, 1.165) is 21.4 Å². The zero-order valence-corrected chi connectivity index (χ0v) is 12.5. The van der Waals surface area contributed by atoms with Crippen LogP contribution in [0, 0.1) is 6.92 Å². The van der Waals surface area contributed by atoms with Crippen molar-refractivity contribution >= 4 is 22.0 Å². The Morgan fingerprint density at radius 2 is 2.09 bits per heavy atom. The lowest BCUT2D eigenvalue weighted by molar-refractivity contribution is 0.399. The number of aromatic nitrogens is 5. The molecule has 0 aliphatic carbocycles. The molecule has 0 amide bonds. The van der Waals surface area contributed by atoms with Crippen molar-refractivity contribution in [1.82, 2.24) is 25.0 Å². The van der Waals surface area contributed by atoms with Gasteiger partial charge in [0.25, 0.3) is 0 Å². The molecule has 4 rings (SSSR count). The van der Waals surface area contributed by atoms with E-state index in [-0.39, 0.29) is 0 Å². The highest BCUT2D eigenvalue weighted by molar-refractivity contribution is 7.16. The van der Waals surface area contributed by atoms with Gasteiger partial charge in [0.05, 0.1) is 6.54 Å². The Bertz CT molecular complexity index is 910. The average molecular weight is 312 g/mol. The smallest absolute Gasteiger partial charge is 0.235 e. The van der Waals surface area contributed by atoms with Gasteiger partial charge in [-0.3, -0.25) is 0 Å². The number of aryl methyl sites for hydroxylation is 1. The van der Waals surface area contributed by atoms with Gasteiger partial charge in [0.15, 0.2) is 5.69 Å². The van der Waals surface area contributed by atoms with Crippen LogP contribution >= 0.6 is 11.3 Å². The Balaban J connectivity index is 1.60. The Labute approximate surface area is 129 Å². The molecule has 0 atom stereocenters. The molecular formula is C14H12N6OS. The molecule has 0 radical (unpaired) electrons. The summed E-state index contributed by atoms with van der Waals surface area (Å²) in [5.74, 6) is 1.32. The third-order valence-corrected chi connectivity index (χ3v) is 4.01. The van der Waals surface area contributed by atoms with E-state index >= 15 is 0 Å². The molecule has 8 heteroatoms. The van der Waals surface area contributed by atoms with Crippen molar-refractivity contribution in [3.05, 3.63) is 47.2 Å². The molecule has 3 heterocycles. The minimum atomic E-state index is 0.592. The minimum absolute atomic E-state index is 0.592. The fraction of sp³-hybridized carbons (Fsp3) is 0.143. The highest BCUT2D eigenvalue weighted by Gasteiger charge is 2.16. The second-order valence-corrected chi connectivity index (χ2v) is 5.80. The van der Waals surface area contributed by atoms with Crippen LogP contribution in [0.1, 0.15) is 10.8 Å². The SMILES string of the molecule is Cc1cc(-c2nnc3sc(CNc4ccccc4)nn23)no1. The third-order valence-electron chi connectivity index (χ3n) is 3.11. The Kier molecular flexibility index (Phi) is 3.08. The minimum Gasteiger partial charge on any atom is -0.378 e. The topological polar surface area (TPSA) is 81.1 Å². The molecule has 0 spiro atoms. The maximum atomic E-state index is 5.08. The third kappa shape index (κ3) is 2.33. The van der Waals surface area contributed by atoms with Gasteiger partial charge in [0, 0.05) is 11.8 Å². The molecule has 3 aromatic heterocycles. The van der Waals surface area contributed by atoms with E-state index in [1.165, 1.54) is 11.3 Å². The normalized spacial score (nSPS) is 11.1. The van der Waals surface area contributed by atoms with Crippen molar-refractivity contribution in [2.75, 3.05) is 5.32 Å². The Hall–Kier alpha value is -2.74. The molecule has 7 nitrogen and oxygen atoms in total. The zero-order chi connectivity index (χ0) is 14.9. The number of nitrogens with one attached hydrogen (secondary N) is 1. The van der Waals surface area contributed by atoms with Crippen LogP contribution in [-0.4, -0.2) is 25.0 Å². The molecule has 4 aromatic rings. The first-order chi connectivity index (χ1) is 10.8. The van der Waals surface area contributed by atoms with Gasteiger partial charge in [-0.05, 0) is 19.1 Å². The fourth-order valence-corrected chi connectivity index (χ4v) is 2.87. The first-order valence-electron chi connectivity index (χ1n) is 6.73. The number of nitrogens with zero attached hydrogens (tertiary/aromatic N) is 5. The van der Waals surface area contributed by atoms with E-state index < -0.39 is 0 Å². The number of hydrogen-bond donors (Lipinski definition) is 1. The molecule has 0 bridgehead atoms. The van der Waals surface area contributed by atoms with Gasteiger partial charge in [-0.25, -0.2) is 0 Å². The first kappa shape index (κ1) is 13.0. The number of hydrogen-bond acceptors (Lipinski definition) is 7. The largest absolute Gasteiger partial charge is 0.378 e. The molecule has 0 aliphatic heterocycles. The van der Waals surface area contributed by atoms with Gasteiger partial charge >= 0.3 is 0 Å². The van der Waals surface area contributed by atoms with Crippen molar-refractivity contribution in [2.45, 2.75) is 13.5 Å². The Morgan fingerprint density at radius 1 is 1.23 bits per heavy atom. The lowest BCUT2D eigenvalue weighted by Gasteiger charge is -2.02. The van der Waals surface area contributed by atoms with Gasteiger partial charge in [0.1, 0.15) is 10.8 Å². The highest BCUT2D eigenvalue weighted by atomic mass is 32.1. The van der Waals surface area contributed by atoms with Crippen LogP contribution in [0.3, 0.4) is 0 Å². The summed E-state index contributed by atoms with van der Waals surface area (Å²) in [6.07, 6.45) is 0. The number of para-hydroxylation sites is 1. The number of fused-ring (bicyclic) bond motifs is 1. The summed E-state index contributed by atoms with van der Waals surface area (Å²) in [4.78, 5) is 0.737. The molecule has 1 N–H and O–H groups in total. The van der Waals surface area contributed by atoms with E-state index in [9.17, 15) is 0 Å². The van der Waals surface area contributed by atoms with Crippen molar-refractivity contribution < 1.29 is 4.52 Å². The predicted octanol–water partition coefficient (Wildman–Crippen LogP) is 2.76. The number of anilines is 1. The standard InChI is InChI=1S/C14H12N6OS/c1-9-7-11(19-21-9)13-16-17-14-20(13)18-12(22-14)8-15-10-5-3-2-4-6-10/h2-7,15H,8H2,1H3. The summed E-state index contributed by atoms with van der Waals surface area (Å²) in [6.45, 7) is 2.47. The summed E-state index contributed by atoms with van der Waals surface area (Å²) < 4.78 is 6.78. The van der Waals surface area contributed by atoms with E-state index in [0.29, 0.717) is 18.1 Å². The van der Waals surface area contributed by atoms with Crippen LogP contribution in [0.4, 0.5) is 5.69 Å². The quantitative estimate of drug-likeness (QED) is 0.624. The predicted molar refractivity (Wildman–Crippen MR) is 82.7 cm³/mol. The van der Waals surface area contributed by atoms with Gasteiger partial charge in [-0.15, -0.1) is 10.2 Å². The summed E-state index contributed by atoms with van der Waals surface area (Å²) >= 11 is 1.50. The van der Waals surface area contributed by atoms with Crippen LogP contribution in [0.25, 0.3) is 16.5 Å². The number of rotatable bonds is 4. The maximum absolute atomic E-state index is 5.08. The van der Waals surface area contributed by atoms with E-state index in [2.05, 4.69) is 25.8 Å². The highest BCUT2D eigenvalue weighted by Crippen LogP contribution is 2.21. The molecule has 22 heavy (non-hydrogen) atoms. The summed E-state index contributed by atoms with van der Waals surface area (Å²) in [5, 5.41) is 21.0. The van der Waals surface area contributed by atoms with Crippen molar-refractivity contribution in [2.24, 2.45) is 0 Å². The van der Waals surface area contributed by atoms with E-state index in [1.807, 2.05) is 43.3 Å². The number of benzene rings is 1. The van der Waals surface area contributed by atoms with Crippen LogP contribution in [0.15, 0.2) is 40.9 Å². The van der Waals surface area contributed by atoms with Crippen molar-refractivity contribution in [1.29, 1.82) is 0 Å². The monoisotopic (exact) mass is 312 g/mol. The van der Waals surface area contributed by atoms with E-state index in [4.69, 9.17) is 4.52 Å². The van der Waals surface area contributed by atoms with Gasteiger partial charge in [-0.2, -0.15) is 9.61 Å². The maximum Gasteiger partial charge on any atom is 0.235 e. The molecule has 0 unspecified atom stereocenters. The van der Waals surface area contributed by atoms with Gasteiger partial charge in [-0.1, -0.05) is 34.7 Å². The van der Waals surface area contributed by atoms with Crippen LogP contribution in [0.5, 0.6) is 0 Å². The van der Waals surface area contributed by atoms with Crippen LogP contribution < -0.4 is 5.32 Å². The van der Waals surface area contributed by atoms with Crippen molar-refractivity contribution in [3.63, 3.8) is 0 Å². The van der Waals surface area contributed by atoms with E-state index in [1.54, 1.807) is 4.52 Å². The van der Waals surface area contributed by atoms with Crippen LogP contribution in [0.2, 0.25) is 0 Å². The second-order valence-electron chi connectivity index (χ2n) is 4.76.